The van der Waals surface area contributed by atoms with Crippen LogP contribution < -0.4 is 0 Å². The molecule has 3 aromatic carbocycles. The Morgan fingerprint density at radius 1 is 0.625 bits per heavy atom. The Morgan fingerprint density at radius 2 is 1.06 bits per heavy atom. The number of hydrogen-bond donors (Lipinski definition) is 0. The highest BCUT2D eigenvalue weighted by Crippen LogP contribution is 2.27. The molecule has 168 valence electrons. The van der Waals surface area contributed by atoms with Crippen LogP contribution >= 0.6 is 0 Å². The van der Waals surface area contributed by atoms with Crippen molar-refractivity contribution >= 4 is 0 Å². The van der Waals surface area contributed by atoms with Gasteiger partial charge in [-0.25, -0.2) is 0 Å². The SMILES string of the molecule is CO[C@@H]1OC[C@H](OCc2ccccc2)[C@H](OCc2ccccc2)[C@@H]1OCc1ccccc1. The summed E-state index contributed by atoms with van der Waals surface area (Å²) in [6, 6.07) is 30.3. The minimum absolute atomic E-state index is 0.286. The fourth-order valence-electron chi connectivity index (χ4n) is 3.78. The highest BCUT2D eigenvalue weighted by Gasteiger charge is 2.43. The lowest BCUT2D eigenvalue weighted by Gasteiger charge is -2.41. The molecule has 0 aromatic heterocycles. The first-order chi connectivity index (χ1) is 15.8. The Labute approximate surface area is 189 Å². The van der Waals surface area contributed by atoms with Gasteiger partial charge in [0.1, 0.15) is 18.3 Å². The zero-order valence-electron chi connectivity index (χ0n) is 18.3. The van der Waals surface area contributed by atoms with Crippen LogP contribution in [0.4, 0.5) is 0 Å². The van der Waals surface area contributed by atoms with Gasteiger partial charge < -0.3 is 23.7 Å². The Hall–Kier alpha value is -2.54. The Balaban J connectivity index is 1.49. The predicted octanol–water partition coefficient (Wildman–Crippen LogP) is 4.75. The van der Waals surface area contributed by atoms with E-state index in [9.17, 15) is 0 Å². The van der Waals surface area contributed by atoms with Crippen LogP contribution in [0.5, 0.6) is 0 Å². The summed E-state index contributed by atoms with van der Waals surface area (Å²) in [5, 5.41) is 0. The first-order valence-electron chi connectivity index (χ1n) is 10.9. The molecule has 0 unspecified atom stereocenters. The predicted molar refractivity (Wildman–Crippen MR) is 122 cm³/mol. The molecule has 1 aliphatic rings. The summed E-state index contributed by atoms with van der Waals surface area (Å²) in [6.45, 7) is 1.74. The maximum Gasteiger partial charge on any atom is 0.186 e. The molecule has 1 heterocycles. The molecule has 5 heteroatoms. The second kappa shape index (κ2) is 11.9. The smallest absolute Gasteiger partial charge is 0.186 e. The van der Waals surface area contributed by atoms with Crippen LogP contribution in [0.1, 0.15) is 16.7 Å². The highest BCUT2D eigenvalue weighted by atomic mass is 16.7. The number of rotatable bonds is 10. The van der Waals surface area contributed by atoms with Gasteiger partial charge in [0.2, 0.25) is 0 Å². The van der Waals surface area contributed by atoms with Crippen molar-refractivity contribution in [1.82, 2.24) is 0 Å². The van der Waals surface area contributed by atoms with Gasteiger partial charge in [-0.15, -0.1) is 0 Å². The van der Waals surface area contributed by atoms with Gasteiger partial charge in [-0.1, -0.05) is 91.0 Å². The second-order valence-electron chi connectivity index (χ2n) is 7.79. The summed E-state index contributed by atoms with van der Waals surface area (Å²) in [7, 11) is 1.63. The van der Waals surface area contributed by atoms with Gasteiger partial charge in [-0.3, -0.25) is 0 Å². The average molecular weight is 435 g/mol. The largest absolute Gasteiger partial charge is 0.368 e. The van der Waals surface area contributed by atoms with E-state index in [0.717, 1.165) is 16.7 Å². The van der Waals surface area contributed by atoms with Crippen molar-refractivity contribution in [1.29, 1.82) is 0 Å². The van der Waals surface area contributed by atoms with Crippen molar-refractivity contribution in [2.45, 2.75) is 44.4 Å². The third kappa shape index (κ3) is 6.25. The molecule has 0 aliphatic carbocycles. The normalized spacial score (nSPS) is 23.2. The lowest BCUT2D eigenvalue weighted by molar-refractivity contribution is -0.293. The van der Waals surface area contributed by atoms with E-state index in [-0.39, 0.29) is 12.2 Å². The van der Waals surface area contributed by atoms with E-state index in [2.05, 4.69) is 0 Å². The molecular weight excluding hydrogens is 404 g/mol. The summed E-state index contributed by atoms with van der Waals surface area (Å²) >= 11 is 0. The fourth-order valence-corrected chi connectivity index (χ4v) is 3.78. The highest BCUT2D eigenvalue weighted by molar-refractivity contribution is 5.15. The van der Waals surface area contributed by atoms with Gasteiger partial charge in [-0.2, -0.15) is 0 Å². The summed E-state index contributed by atoms with van der Waals surface area (Å²) < 4.78 is 30.5. The summed E-state index contributed by atoms with van der Waals surface area (Å²) in [4.78, 5) is 0. The van der Waals surface area contributed by atoms with Crippen molar-refractivity contribution in [3.8, 4) is 0 Å². The number of methoxy groups -OCH3 is 1. The van der Waals surface area contributed by atoms with Crippen molar-refractivity contribution in [3.05, 3.63) is 108 Å². The van der Waals surface area contributed by atoms with Crippen LogP contribution in [-0.2, 0) is 43.5 Å². The maximum atomic E-state index is 6.39. The fraction of sp³-hybridized carbons (Fsp3) is 0.333. The van der Waals surface area contributed by atoms with E-state index in [1.807, 2.05) is 91.0 Å². The van der Waals surface area contributed by atoms with E-state index >= 15 is 0 Å². The standard InChI is InChI=1S/C27H30O5/c1-28-27-26(31-19-23-15-9-4-10-16-23)25(30-18-22-13-7-3-8-14-22)24(20-32-27)29-17-21-11-5-2-6-12-21/h2-16,24-27H,17-20H2,1H3/t24-,25-,26-,27+/m0/s1. The van der Waals surface area contributed by atoms with Crippen LogP contribution in [-0.4, -0.2) is 38.3 Å². The number of ether oxygens (including phenoxy) is 5. The quantitative estimate of drug-likeness (QED) is 0.461. The lowest BCUT2D eigenvalue weighted by Crippen LogP contribution is -2.56. The van der Waals surface area contributed by atoms with E-state index in [4.69, 9.17) is 23.7 Å². The third-order valence-corrected chi connectivity index (χ3v) is 5.49. The summed E-state index contributed by atoms with van der Waals surface area (Å²) in [5.74, 6) is 0. The zero-order valence-corrected chi connectivity index (χ0v) is 18.3. The Morgan fingerprint density at radius 3 is 1.53 bits per heavy atom. The molecule has 0 amide bonds. The third-order valence-electron chi connectivity index (χ3n) is 5.49. The lowest BCUT2D eigenvalue weighted by atomic mass is 10.0. The van der Waals surface area contributed by atoms with Crippen LogP contribution in [0.3, 0.4) is 0 Å². The molecule has 32 heavy (non-hydrogen) atoms. The molecular formula is C27H30O5. The number of hydrogen-bond acceptors (Lipinski definition) is 5. The maximum absolute atomic E-state index is 6.39. The van der Waals surface area contributed by atoms with Gasteiger partial charge in [0.25, 0.3) is 0 Å². The molecule has 0 bridgehead atoms. The first kappa shape index (κ1) is 22.6. The van der Waals surface area contributed by atoms with E-state index < -0.39 is 12.4 Å². The molecule has 5 nitrogen and oxygen atoms in total. The van der Waals surface area contributed by atoms with Gasteiger partial charge >= 0.3 is 0 Å². The van der Waals surface area contributed by atoms with Crippen molar-refractivity contribution in [3.63, 3.8) is 0 Å². The van der Waals surface area contributed by atoms with Crippen LogP contribution in [0, 0.1) is 0 Å². The summed E-state index contributed by atoms with van der Waals surface area (Å²) in [5.41, 5.74) is 3.28. The molecule has 4 rings (SSSR count). The van der Waals surface area contributed by atoms with Crippen LogP contribution in [0.15, 0.2) is 91.0 Å². The number of benzene rings is 3. The average Bonchev–Trinajstić information content (AvgIpc) is 2.87. The van der Waals surface area contributed by atoms with Crippen LogP contribution in [0.25, 0.3) is 0 Å². The second-order valence-corrected chi connectivity index (χ2v) is 7.79. The molecule has 3 aromatic rings. The zero-order chi connectivity index (χ0) is 22.0. The molecule has 0 radical (unpaired) electrons. The van der Waals surface area contributed by atoms with Gasteiger partial charge in [0.05, 0.1) is 26.4 Å². The van der Waals surface area contributed by atoms with Crippen molar-refractivity contribution in [2.75, 3.05) is 13.7 Å². The van der Waals surface area contributed by atoms with Crippen LogP contribution in [0.2, 0.25) is 0 Å². The monoisotopic (exact) mass is 434 g/mol. The minimum atomic E-state index is -0.531. The first-order valence-corrected chi connectivity index (χ1v) is 10.9. The Bertz CT molecular complexity index is 903. The molecule has 0 N–H and O–H groups in total. The van der Waals surface area contributed by atoms with E-state index in [0.29, 0.717) is 26.4 Å². The minimum Gasteiger partial charge on any atom is -0.368 e. The summed E-state index contributed by atoms with van der Waals surface area (Å²) in [6.07, 6.45) is -1.60. The molecule has 1 saturated heterocycles. The van der Waals surface area contributed by atoms with Gasteiger partial charge in [0.15, 0.2) is 6.29 Å². The van der Waals surface area contributed by atoms with E-state index in [1.54, 1.807) is 7.11 Å². The van der Waals surface area contributed by atoms with Crippen molar-refractivity contribution < 1.29 is 23.7 Å². The molecule has 4 atom stereocenters. The topological polar surface area (TPSA) is 46.2 Å². The van der Waals surface area contributed by atoms with Gasteiger partial charge in [0, 0.05) is 7.11 Å². The molecule has 1 aliphatic heterocycles. The van der Waals surface area contributed by atoms with E-state index in [1.165, 1.54) is 0 Å². The molecule has 1 fully saturated rings. The molecule has 0 saturated carbocycles. The Kier molecular flexibility index (Phi) is 8.42. The van der Waals surface area contributed by atoms with Gasteiger partial charge in [-0.05, 0) is 16.7 Å². The van der Waals surface area contributed by atoms with Crippen molar-refractivity contribution in [2.24, 2.45) is 0 Å². The molecule has 0 spiro atoms.